The Morgan fingerprint density at radius 3 is 2.71 bits per heavy atom. The Morgan fingerprint density at radius 1 is 1.41 bits per heavy atom. The Balaban J connectivity index is 0.00000144. The van der Waals surface area contributed by atoms with E-state index in [1.54, 1.807) is 0 Å². The number of hydrogen-bond acceptors (Lipinski definition) is 3. The molecule has 1 amide bonds. The van der Waals surface area contributed by atoms with Crippen LogP contribution in [0.1, 0.15) is 32.6 Å². The first kappa shape index (κ1) is 14.7. The number of amides is 1. The first-order chi connectivity index (χ1) is 7.70. The number of nitrogens with one attached hydrogen (secondary N) is 2. The van der Waals surface area contributed by atoms with Gasteiger partial charge >= 0.3 is 0 Å². The van der Waals surface area contributed by atoms with Gasteiger partial charge in [0.2, 0.25) is 5.91 Å². The fourth-order valence-electron chi connectivity index (χ4n) is 2.45. The zero-order valence-corrected chi connectivity index (χ0v) is 11.3. The highest BCUT2D eigenvalue weighted by atomic mass is 35.5. The van der Waals surface area contributed by atoms with E-state index in [1.807, 2.05) is 0 Å². The summed E-state index contributed by atoms with van der Waals surface area (Å²) in [4.78, 5) is 12.1. The molecule has 2 aliphatic heterocycles. The van der Waals surface area contributed by atoms with E-state index in [-0.39, 0.29) is 29.8 Å². The van der Waals surface area contributed by atoms with Crippen LogP contribution >= 0.6 is 12.4 Å². The van der Waals surface area contributed by atoms with Crippen molar-refractivity contribution in [1.82, 2.24) is 10.6 Å². The molecular weight excluding hydrogens is 240 g/mol. The average Bonchev–Trinajstić information content (AvgIpc) is 2.30. The summed E-state index contributed by atoms with van der Waals surface area (Å²) in [7, 11) is 0. The molecule has 0 radical (unpaired) electrons. The quantitative estimate of drug-likeness (QED) is 0.783. The second kappa shape index (κ2) is 6.57. The van der Waals surface area contributed by atoms with Gasteiger partial charge in [-0.05, 0) is 45.7 Å². The van der Waals surface area contributed by atoms with Crippen LogP contribution in [-0.2, 0) is 9.53 Å². The molecule has 0 aromatic carbocycles. The summed E-state index contributed by atoms with van der Waals surface area (Å²) in [6.07, 6.45) is 4.02. The van der Waals surface area contributed by atoms with Crippen molar-refractivity contribution in [3.63, 3.8) is 0 Å². The maximum Gasteiger partial charge on any atom is 0.225 e. The Labute approximate surface area is 109 Å². The highest BCUT2D eigenvalue weighted by Crippen LogP contribution is 2.20. The van der Waals surface area contributed by atoms with Crippen molar-refractivity contribution in [2.45, 2.75) is 38.1 Å². The standard InChI is InChI=1S/C12H22N2O2.ClH/c1-12(4-6-13-7-5-12)14-11(15)10-3-2-8-16-9-10;/h10,13H,2-9H2,1H3,(H,14,15);1H. The molecule has 1 unspecified atom stereocenters. The van der Waals surface area contributed by atoms with Crippen LogP contribution in [0, 0.1) is 5.92 Å². The maximum atomic E-state index is 12.1. The molecule has 2 rings (SSSR count). The van der Waals surface area contributed by atoms with E-state index in [2.05, 4.69) is 17.6 Å². The largest absolute Gasteiger partial charge is 0.381 e. The lowest BCUT2D eigenvalue weighted by molar-refractivity contribution is -0.131. The van der Waals surface area contributed by atoms with Crippen LogP contribution < -0.4 is 10.6 Å². The van der Waals surface area contributed by atoms with Crippen molar-refractivity contribution >= 4 is 18.3 Å². The highest BCUT2D eigenvalue weighted by Gasteiger charge is 2.31. The lowest BCUT2D eigenvalue weighted by Gasteiger charge is -2.36. The first-order valence-corrected chi connectivity index (χ1v) is 6.30. The van der Waals surface area contributed by atoms with E-state index in [1.165, 1.54) is 0 Å². The van der Waals surface area contributed by atoms with Crippen LogP contribution in [0.4, 0.5) is 0 Å². The molecule has 4 nitrogen and oxygen atoms in total. The molecule has 0 aromatic heterocycles. The van der Waals surface area contributed by atoms with Gasteiger partial charge in [-0.25, -0.2) is 0 Å². The van der Waals surface area contributed by atoms with Gasteiger partial charge in [0.25, 0.3) is 0 Å². The molecule has 0 spiro atoms. The Morgan fingerprint density at radius 2 is 2.12 bits per heavy atom. The second-order valence-electron chi connectivity index (χ2n) is 5.21. The van der Waals surface area contributed by atoms with E-state index in [0.717, 1.165) is 45.4 Å². The van der Waals surface area contributed by atoms with Gasteiger partial charge in [-0.15, -0.1) is 12.4 Å². The van der Waals surface area contributed by atoms with Crippen molar-refractivity contribution in [3.05, 3.63) is 0 Å². The van der Waals surface area contributed by atoms with Crippen molar-refractivity contribution in [2.24, 2.45) is 5.92 Å². The van der Waals surface area contributed by atoms with Crippen LogP contribution in [0.3, 0.4) is 0 Å². The molecule has 100 valence electrons. The minimum absolute atomic E-state index is 0. The lowest BCUT2D eigenvalue weighted by Crippen LogP contribution is -2.54. The third-order valence-corrected chi connectivity index (χ3v) is 3.66. The first-order valence-electron chi connectivity index (χ1n) is 6.30. The predicted octanol–water partition coefficient (Wildman–Crippen LogP) is 1.09. The molecule has 5 heteroatoms. The van der Waals surface area contributed by atoms with E-state index < -0.39 is 0 Å². The van der Waals surface area contributed by atoms with E-state index >= 15 is 0 Å². The fourth-order valence-corrected chi connectivity index (χ4v) is 2.45. The number of piperidine rings is 1. The van der Waals surface area contributed by atoms with Gasteiger partial charge in [-0.3, -0.25) is 4.79 Å². The second-order valence-corrected chi connectivity index (χ2v) is 5.21. The third-order valence-electron chi connectivity index (χ3n) is 3.66. The van der Waals surface area contributed by atoms with Crippen LogP contribution in [0.2, 0.25) is 0 Å². The molecule has 0 aromatic rings. The summed E-state index contributed by atoms with van der Waals surface area (Å²) in [6.45, 7) is 5.55. The summed E-state index contributed by atoms with van der Waals surface area (Å²) >= 11 is 0. The van der Waals surface area contributed by atoms with Gasteiger partial charge in [-0.1, -0.05) is 0 Å². The minimum atomic E-state index is -0.0141. The molecule has 2 saturated heterocycles. The lowest BCUT2D eigenvalue weighted by atomic mass is 9.89. The van der Waals surface area contributed by atoms with Crippen LogP contribution in [0.25, 0.3) is 0 Å². The van der Waals surface area contributed by atoms with Crippen LogP contribution in [0.5, 0.6) is 0 Å². The molecule has 2 heterocycles. The third kappa shape index (κ3) is 4.12. The SMILES string of the molecule is CC1(NC(=O)C2CCCOC2)CCNCC1.Cl. The van der Waals surface area contributed by atoms with Gasteiger partial charge in [0.05, 0.1) is 12.5 Å². The van der Waals surface area contributed by atoms with Gasteiger partial charge < -0.3 is 15.4 Å². The number of carbonyl (C=O) groups is 1. The average molecular weight is 263 g/mol. The monoisotopic (exact) mass is 262 g/mol. The van der Waals surface area contributed by atoms with Crippen molar-refractivity contribution in [1.29, 1.82) is 0 Å². The normalized spacial score (nSPS) is 27.9. The Bertz CT molecular complexity index is 249. The Hall–Kier alpha value is -0.320. The smallest absolute Gasteiger partial charge is 0.225 e. The number of rotatable bonds is 2. The minimum Gasteiger partial charge on any atom is -0.381 e. The summed E-state index contributed by atoms with van der Waals surface area (Å²) < 4.78 is 5.35. The van der Waals surface area contributed by atoms with Gasteiger partial charge in [0.1, 0.15) is 0 Å². The van der Waals surface area contributed by atoms with E-state index in [9.17, 15) is 4.79 Å². The summed E-state index contributed by atoms with van der Waals surface area (Å²) in [6, 6.07) is 0. The van der Waals surface area contributed by atoms with Gasteiger partial charge in [-0.2, -0.15) is 0 Å². The summed E-state index contributed by atoms with van der Waals surface area (Å²) in [5.74, 6) is 0.254. The summed E-state index contributed by atoms with van der Waals surface area (Å²) in [5.41, 5.74) is -0.0141. The molecule has 17 heavy (non-hydrogen) atoms. The molecule has 2 fully saturated rings. The molecule has 0 saturated carbocycles. The number of hydrogen-bond donors (Lipinski definition) is 2. The molecule has 2 N–H and O–H groups in total. The van der Waals surface area contributed by atoms with Gasteiger partial charge in [0, 0.05) is 12.1 Å². The Kier molecular flexibility index (Phi) is 5.70. The van der Waals surface area contributed by atoms with Crippen molar-refractivity contribution in [2.75, 3.05) is 26.3 Å². The number of ether oxygens (including phenoxy) is 1. The predicted molar refractivity (Wildman–Crippen MR) is 69.4 cm³/mol. The van der Waals surface area contributed by atoms with E-state index in [0.29, 0.717) is 6.61 Å². The number of carbonyl (C=O) groups excluding carboxylic acids is 1. The zero-order valence-electron chi connectivity index (χ0n) is 10.5. The maximum absolute atomic E-state index is 12.1. The summed E-state index contributed by atoms with van der Waals surface area (Å²) in [5, 5.41) is 6.52. The molecule has 0 aliphatic carbocycles. The van der Waals surface area contributed by atoms with Crippen molar-refractivity contribution in [3.8, 4) is 0 Å². The topological polar surface area (TPSA) is 50.4 Å². The molecule has 2 aliphatic rings. The fraction of sp³-hybridized carbons (Fsp3) is 0.917. The molecule has 0 bridgehead atoms. The van der Waals surface area contributed by atoms with Crippen LogP contribution in [0.15, 0.2) is 0 Å². The van der Waals surface area contributed by atoms with Crippen LogP contribution in [-0.4, -0.2) is 37.7 Å². The number of halogens is 1. The molecular formula is C12H23ClN2O2. The van der Waals surface area contributed by atoms with E-state index in [4.69, 9.17) is 4.74 Å². The molecule has 1 atom stereocenters. The van der Waals surface area contributed by atoms with Crippen molar-refractivity contribution < 1.29 is 9.53 Å². The zero-order chi connectivity index (χ0) is 11.4. The van der Waals surface area contributed by atoms with Gasteiger partial charge in [0.15, 0.2) is 0 Å². The highest BCUT2D eigenvalue weighted by molar-refractivity contribution is 5.85.